The van der Waals surface area contributed by atoms with Crippen molar-refractivity contribution in [3.63, 3.8) is 0 Å². The molecule has 0 aliphatic rings. The van der Waals surface area contributed by atoms with E-state index in [2.05, 4.69) is 5.32 Å². The van der Waals surface area contributed by atoms with Gasteiger partial charge in [0.25, 0.3) is 0 Å². The summed E-state index contributed by atoms with van der Waals surface area (Å²) < 4.78 is 25.9. The SMILES string of the molecule is CNC(=O)[C@H](C)N(Cc1cccc(Cl)c1)C(=O)CN(c1ccc(C)c(Cl)c1)S(C)(=O)=O. The van der Waals surface area contributed by atoms with Crippen LogP contribution in [-0.4, -0.2) is 51.0 Å². The third-order valence-corrected chi connectivity index (χ3v) is 6.56. The van der Waals surface area contributed by atoms with E-state index in [4.69, 9.17) is 23.2 Å². The number of amides is 2. The minimum atomic E-state index is -3.80. The standard InChI is InChI=1S/C21H25Cl2N3O4S/c1-14-8-9-18(11-19(14)23)26(31(4,29)30)13-20(27)25(15(2)21(28)24-3)12-16-6-5-7-17(22)10-16/h5-11,15H,12-13H2,1-4H3,(H,24,28)/t15-/m0/s1. The number of hydrogen-bond donors (Lipinski definition) is 1. The number of rotatable bonds is 8. The lowest BCUT2D eigenvalue weighted by molar-refractivity contribution is -0.139. The second-order valence-electron chi connectivity index (χ2n) is 7.14. The summed E-state index contributed by atoms with van der Waals surface area (Å²) in [5, 5.41) is 3.39. The van der Waals surface area contributed by atoms with Gasteiger partial charge in [0.1, 0.15) is 12.6 Å². The number of carbonyl (C=O) groups is 2. The minimum Gasteiger partial charge on any atom is -0.357 e. The van der Waals surface area contributed by atoms with Crippen LogP contribution in [-0.2, 0) is 26.2 Å². The van der Waals surface area contributed by atoms with Gasteiger partial charge in [-0.3, -0.25) is 13.9 Å². The van der Waals surface area contributed by atoms with Gasteiger partial charge in [-0.25, -0.2) is 8.42 Å². The van der Waals surface area contributed by atoms with Crippen molar-refractivity contribution in [1.29, 1.82) is 0 Å². The van der Waals surface area contributed by atoms with Gasteiger partial charge in [-0.15, -0.1) is 0 Å². The molecule has 0 aromatic heterocycles. The third-order valence-electron chi connectivity index (χ3n) is 4.78. The van der Waals surface area contributed by atoms with Gasteiger partial charge in [0.15, 0.2) is 0 Å². The van der Waals surface area contributed by atoms with Crippen molar-refractivity contribution in [2.45, 2.75) is 26.4 Å². The van der Waals surface area contributed by atoms with Crippen molar-refractivity contribution < 1.29 is 18.0 Å². The number of aryl methyl sites for hydroxylation is 1. The van der Waals surface area contributed by atoms with E-state index in [-0.39, 0.29) is 18.1 Å². The Balaban J connectivity index is 2.40. The molecule has 2 aromatic rings. The largest absolute Gasteiger partial charge is 0.357 e. The fourth-order valence-electron chi connectivity index (χ4n) is 2.97. The number of likely N-dealkylation sites (N-methyl/N-ethyl adjacent to an activating group) is 1. The van der Waals surface area contributed by atoms with Gasteiger partial charge in [-0.1, -0.05) is 41.4 Å². The summed E-state index contributed by atoms with van der Waals surface area (Å²) in [7, 11) is -2.33. The maximum absolute atomic E-state index is 13.3. The quantitative estimate of drug-likeness (QED) is 0.621. The van der Waals surface area contributed by atoms with E-state index in [9.17, 15) is 18.0 Å². The first-order valence-corrected chi connectivity index (χ1v) is 12.0. The summed E-state index contributed by atoms with van der Waals surface area (Å²) in [5.74, 6) is -0.919. The molecule has 0 spiro atoms. The van der Waals surface area contributed by atoms with Crippen molar-refractivity contribution in [3.8, 4) is 0 Å². The molecule has 0 fully saturated rings. The Hall–Kier alpha value is -2.29. The number of carbonyl (C=O) groups excluding carboxylic acids is 2. The molecule has 31 heavy (non-hydrogen) atoms. The lowest BCUT2D eigenvalue weighted by Crippen LogP contribution is -2.50. The summed E-state index contributed by atoms with van der Waals surface area (Å²) in [6, 6.07) is 10.8. The lowest BCUT2D eigenvalue weighted by atomic mass is 10.1. The van der Waals surface area contributed by atoms with Gasteiger partial charge < -0.3 is 10.2 Å². The van der Waals surface area contributed by atoms with E-state index in [0.29, 0.717) is 15.6 Å². The molecule has 168 valence electrons. The fourth-order valence-corrected chi connectivity index (χ4v) is 4.20. The van der Waals surface area contributed by atoms with Crippen LogP contribution in [0, 0.1) is 6.92 Å². The number of hydrogen-bond acceptors (Lipinski definition) is 4. The molecule has 0 heterocycles. The number of anilines is 1. The minimum absolute atomic E-state index is 0.0836. The summed E-state index contributed by atoms with van der Waals surface area (Å²) in [4.78, 5) is 26.8. The van der Waals surface area contributed by atoms with E-state index in [1.165, 1.54) is 18.0 Å². The van der Waals surface area contributed by atoms with Gasteiger partial charge in [0, 0.05) is 23.6 Å². The van der Waals surface area contributed by atoms with E-state index < -0.39 is 28.5 Å². The summed E-state index contributed by atoms with van der Waals surface area (Å²) in [5.41, 5.74) is 1.75. The van der Waals surface area contributed by atoms with E-state index >= 15 is 0 Å². The van der Waals surface area contributed by atoms with Gasteiger partial charge in [0.2, 0.25) is 21.8 Å². The van der Waals surface area contributed by atoms with Crippen molar-refractivity contribution >= 4 is 50.7 Å². The Morgan fingerprint density at radius 2 is 1.81 bits per heavy atom. The van der Waals surface area contributed by atoms with Crippen LogP contribution in [0.5, 0.6) is 0 Å². The molecule has 0 radical (unpaired) electrons. The zero-order chi connectivity index (χ0) is 23.3. The molecule has 1 N–H and O–H groups in total. The molecule has 2 rings (SSSR count). The molecule has 10 heteroatoms. The highest BCUT2D eigenvalue weighted by atomic mass is 35.5. The lowest BCUT2D eigenvalue weighted by Gasteiger charge is -2.31. The van der Waals surface area contributed by atoms with Crippen LogP contribution in [0.2, 0.25) is 10.0 Å². The smallest absolute Gasteiger partial charge is 0.244 e. The Kier molecular flexibility index (Phi) is 8.34. The van der Waals surface area contributed by atoms with Crippen LogP contribution in [0.3, 0.4) is 0 Å². The summed E-state index contributed by atoms with van der Waals surface area (Å²) >= 11 is 12.2. The molecule has 0 aliphatic heterocycles. The zero-order valence-electron chi connectivity index (χ0n) is 17.7. The number of halogens is 2. The second kappa shape index (κ2) is 10.3. The summed E-state index contributed by atoms with van der Waals surface area (Å²) in [6.07, 6.45) is 1.01. The molecule has 2 aromatic carbocycles. The molecule has 0 unspecified atom stereocenters. The predicted octanol–water partition coefficient (Wildman–Crippen LogP) is 3.23. The van der Waals surface area contributed by atoms with Gasteiger partial charge >= 0.3 is 0 Å². The fraction of sp³-hybridized carbons (Fsp3) is 0.333. The first kappa shape index (κ1) is 25.0. The second-order valence-corrected chi connectivity index (χ2v) is 9.90. The predicted molar refractivity (Wildman–Crippen MR) is 124 cm³/mol. The highest BCUT2D eigenvalue weighted by Crippen LogP contribution is 2.25. The topological polar surface area (TPSA) is 86.8 Å². The molecular weight excluding hydrogens is 461 g/mol. The Morgan fingerprint density at radius 1 is 1.13 bits per heavy atom. The van der Waals surface area contributed by atoms with E-state index in [0.717, 1.165) is 16.1 Å². The van der Waals surface area contributed by atoms with Crippen LogP contribution in [0.4, 0.5) is 5.69 Å². The van der Waals surface area contributed by atoms with Crippen molar-refractivity contribution in [2.24, 2.45) is 0 Å². The van der Waals surface area contributed by atoms with E-state index in [1.54, 1.807) is 50.2 Å². The molecule has 0 saturated carbocycles. The van der Waals surface area contributed by atoms with Crippen LogP contribution in [0.25, 0.3) is 0 Å². The summed E-state index contributed by atoms with van der Waals surface area (Å²) in [6.45, 7) is 2.97. The molecule has 7 nitrogen and oxygen atoms in total. The van der Waals surface area contributed by atoms with Crippen molar-refractivity contribution in [3.05, 3.63) is 63.6 Å². The van der Waals surface area contributed by atoms with Crippen LogP contribution in [0.15, 0.2) is 42.5 Å². The highest BCUT2D eigenvalue weighted by molar-refractivity contribution is 7.92. The number of nitrogens with zero attached hydrogens (tertiary/aromatic N) is 2. The third kappa shape index (κ3) is 6.59. The molecule has 2 amide bonds. The average Bonchev–Trinajstić information content (AvgIpc) is 2.70. The van der Waals surface area contributed by atoms with Crippen LogP contribution >= 0.6 is 23.2 Å². The molecular formula is C21H25Cl2N3O4S. The maximum Gasteiger partial charge on any atom is 0.244 e. The maximum atomic E-state index is 13.3. The van der Waals surface area contributed by atoms with Crippen molar-refractivity contribution in [2.75, 3.05) is 24.2 Å². The highest BCUT2D eigenvalue weighted by Gasteiger charge is 2.29. The van der Waals surface area contributed by atoms with Gasteiger partial charge in [-0.2, -0.15) is 0 Å². The zero-order valence-corrected chi connectivity index (χ0v) is 20.1. The number of benzene rings is 2. The normalized spacial score (nSPS) is 12.2. The monoisotopic (exact) mass is 485 g/mol. The number of sulfonamides is 1. The van der Waals surface area contributed by atoms with Crippen molar-refractivity contribution in [1.82, 2.24) is 10.2 Å². The molecule has 1 atom stereocenters. The Bertz CT molecular complexity index is 1080. The van der Waals surface area contributed by atoms with Gasteiger partial charge in [-0.05, 0) is 49.2 Å². The molecule has 0 aliphatic carbocycles. The average molecular weight is 486 g/mol. The first-order chi connectivity index (χ1) is 14.4. The molecule has 0 bridgehead atoms. The van der Waals surface area contributed by atoms with E-state index in [1.807, 2.05) is 0 Å². The first-order valence-electron chi connectivity index (χ1n) is 9.43. The van der Waals surface area contributed by atoms with Gasteiger partial charge in [0.05, 0.1) is 11.9 Å². The number of nitrogens with one attached hydrogen (secondary N) is 1. The van der Waals surface area contributed by atoms with Crippen LogP contribution in [0.1, 0.15) is 18.1 Å². The Labute approximate surface area is 193 Å². The van der Waals surface area contributed by atoms with Crippen LogP contribution < -0.4 is 9.62 Å². The Morgan fingerprint density at radius 3 is 2.35 bits per heavy atom. The molecule has 0 saturated heterocycles.